The summed E-state index contributed by atoms with van der Waals surface area (Å²) in [6, 6.07) is 3.82. The van der Waals surface area contributed by atoms with E-state index >= 15 is 0 Å². The van der Waals surface area contributed by atoms with E-state index in [0.29, 0.717) is 24.6 Å². The number of ether oxygens (including phenoxy) is 1. The van der Waals surface area contributed by atoms with Gasteiger partial charge in [-0.3, -0.25) is 9.59 Å². The predicted octanol–water partition coefficient (Wildman–Crippen LogP) is 2.52. The van der Waals surface area contributed by atoms with Crippen molar-refractivity contribution in [3.05, 3.63) is 29.6 Å². The Kier molecular flexibility index (Phi) is 4.60. The van der Waals surface area contributed by atoms with Crippen LogP contribution in [0.5, 0.6) is 5.75 Å². The summed E-state index contributed by atoms with van der Waals surface area (Å²) in [6.07, 6.45) is 0.477. The zero-order chi connectivity index (χ0) is 15.6. The summed E-state index contributed by atoms with van der Waals surface area (Å²) in [6.45, 7) is 4.69. The molecule has 0 N–H and O–H groups in total. The zero-order valence-electron chi connectivity index (χ0n) is 12.6. The molecule has 1 heterocycles. The van der Waals surface area contributed by atoms with Gasteiger partial charge in [0.1, 0.15) is 11.6 Å². The Hall–Kier alpha value is -1.91. The molecule has 0 aliphatic carbocycles. The summed E-state index contributed by atoms with van der Waals surface area (Å²) < 4.78 is 18.4. The van der Waals surface area contributed by atoms with E-state index in [1.165, 1.54) is 19.2 Å². The van der Waals surface area contributed by atoms with Crippen molar-refractivity contribution in [2.75, 3.05) is 20.2 Å². The van der Waals surface area contributed by atoms with Crippen LogP contribution in [0.1, 0.15) is 30.6 Å². The number of methoxy groups -OCH3 is 1. The Morgan fingerprint density at radius 1 is 1.48 bits per heavy atom. The molecule has 0 saturated carbocycles. The Morgan fingerprint density at radius 3 is 2.76 bits per heavy atom. The normalized spacial score (nSPS) is 18.4. The van der Waals surface area contributed by atoms with Crippen molar-refractivity contribution in [2.24, 2.45) is 11.8 Å². The number of benzene rings is 1. The first kappa shape index (κ1) is 15.5. The van der Waals surface area contributed by atoms with Crippen LogP contribution in [0, 0.1) is 17.7 Å². The van der Waals surface area contributed by atoms with Gasteiger partial charge >= 0.3 is 0 Å². The third-order valence-corrected chi connectivity index (χ3v) is 3.98. The van der Waals surface area contributed by atoms with Crippen molar-refractivity contribution in [2.45, 2.75) is 20.3 Å². The fraction of sp³-hybridized carbons (Fsp3) is 0.500. The van der Waals surface area contributed by atoms with Crippen LogP contribution in [0.4, 0.5) is 4.39 Å². The third kappa shape index (κ3) is 3.40. The summed E-state index contributed by atoms with van der Waals surface area (Å²) in [5, 5.41) is 0. The van der Waals surface area contributed by atoms with E-state index in [4.69, 9.17) is 4.74 Å². The van der Waals surface area contributed by atoms with E-state index in [1.54, 1.807) is 4.90 Å². The maximum atomic E-state index is 13.3. The molecule has 0 bridgehead atoms. The number of halogens is 1. The summed E-state index contributed by atoms with van der Waals surface area (Å²) >= 11 is 0. The highest BCUT2D eigenvalue weighted by Crippen LogP contribution is 2.26. The van der Waals surface area contributed by atoms with Gasteiger partial charge in [-0.15, -0.1) is 0 Å². The fourth-order valence-corrected chi connectivity index (χ4v) is 2.56. The van der Waals surface area contributed by atoms with Crippen LogP contribution in [0.15, 0.2) is 18.2 Å². The molecule has 0 spiro atoms. The lowest BCUT2D eigenvalue weighted by Crippen LogP contribution is -2.31. The van der Waals surface area contributed by atoms with Gasteiger partial charge in [0.05, 0.1) is 19.2 Å². The number of carbonyl (C=O) groups is 2. The molecule has 5 heteroatoms. The third-order valence-electron chi connectivity index (χ3n) is 3.98. The lowest BCUT2D eigenvalue weighted by atomic mass is 9.95. The number of carbonyl (C=O) groups excluding carboxylic acids is 2. The number of rotatable bonds is 5. The average molecular weight is 293 g/mol. The van der Waals surface area contributed by atoms with E-state index in [0.717, 1.165) is 6.07 Å². The number of amides is 1. The van der Waals surface area contributed by atoms with Crippen LogP contribution in [-0.4, -0.2) is 36.8 Å². The molecule has 1 aromatic rings. The second-order valence-corrected chi connectivity index (χ2v) is 5.75. The molecule has 0 radical (unpaired) electrons. The van der Waals surface area contributed by atoms with Gasteiger partial charge in [0, 0.05) is 13.0 Å². The number of likely N-dealkylation sites (tertiary alicyclic amines) is 1. The summed E-state index contributed by atoms with van der Waals surface area (Å²) in [5.41, 5.74) is 0.179. The van der Waals surface area contributed by atoms with Crippen LogP contribution in [-0.2, 0) is 4.79 Å². The first-order chi connectivity index (χ1) is 9.92. The highest BCUT2D eigenvalue weighted by Gasteiger charge is 2.32. The van der Waals surface area contributed by atoms with Crippen LogP contribution >= 0.6 is 0 Å². The molecule has 0 aromatic heterocycles. The fourth-order valence-electron chi connectivity index (χ4n) is 2.56. The Morgan fingerprint density at radius 2 is 2.19 bits per heavy atom. The molecule has 114 valence electrons. The number of hydrogen-bond acceptors (Lipinski definition) is 3. The first-order valence-corrected chi connectivity index (χ1v) is 7.07. The quantitative estimate of drug-likeness (QED) is 0.784. The minimum atomic E-state index is -0.494. The van der Waals surface area contributed by atoms with Gasteiger partial charge < -0.3 is 9.64 Å². The van der Waals surface area contributed by atoms with Crippen molar-refractivity contribution >= 4 is 11.7 Å². The molecule has 1 atom stereocenters. The number of Topliss-reactive ketones (excluding diaryl/α,β-unsaturated/α-hetero) is 1. The zero-order valence-corrected chi connectivity index (χ0v) is 12.6. The SMILES string of the molecule is COc1ccc(F)cc1C(=O)CN1CC(C(C)C)CC1=O. The smallest absolute Gasteiger partial charge is 0.223 e. The molecule has 1 aromatic carbocycles. The van der Waals surface area contributed by atoms with Crippen LogP contribution in [0.2, 0.25) is 0 Å². The van der Waals surface area contributed by atoms with Crippen molar-refractivity contribution in [3.63, 3.8) is 0 Å². The highest BCUT2D eigenvalue weighted by molar-refractivity contribution is 6.01. The standard InChI is InChI=1S/C16H20FNO3/c1-10(2)11-6-16(20)18(8-11)9-14(19)13-7-12(17)4-5-15(13)21-3/h4-5,7,10-11H,6,8-9H2,1-3H3. The second-order valence-electron chi connectivity index (χ2n) is 5.75. The van der Waals surface area contributed by atoms with Gasteiger partial charge in [-0.1, -0.05) is 13.8 Å². The largest absolute Gasteiger partial charge is 0.496 e. The minimum absolute atomic E-state index is 0.0163. The van der Waals surface area contributed by atoms with Crippen molar-refractivity contribution in [3.8, 4) is 5.75 Å². The van der Waals surface area contributed by atoms with Crippen LogP contribution in [0.25, 0.3) is 0 Å². The van der Waals surface area contributed by atoms with E-state index < -0.39 is 5.82 Å². The predicted molar refractivity (Wildman–Crippen MR) is 76.8 cm³/mol. The summed E-state index contributed by atoms with van der Waals surface area (Å²) in [5.74, 6) is 0.194. The molecule has 1 aliphatic heterocycles. The maximum absolute atomic E-state index is 13.3. The summed E-state index contributed by atoms with van der Waals surface area (Å²) in [4.78, 5) is 25.8. The molecule has 4 nitrogen and oxygen atoms in total. The van der Waals surface area contributed by atoms with Gasteiger partial charge in [0.15, 0.2) is 5.78 Å². The molecular weight excluding hydrogens is 273 g/mol. The molecule has 1 aliphatic rings. The van der Waals surface area contributed by atoms with Crippen molar-refractivity contribution < 1.29 is 18.7 Å². The monoisotopic (exact) mass is 293 g/mol. The van der Waals surface area contributed by atoms with E-state index in [-0.39, 0.29) is 29.7 Å². The molecular formula is C16H20FNO3. The average Bonchev–Trinajstić information content (AvgIpc) is 2.80. The number of ketones is 1. The molecule has 2 rings (SSSR count). The second kappa shape index (κ2) is 6.24. The lowest BCUT2D eigenvalue weighted by Gasteiger charge is -2.18. The topological polar surface area (TPSA) is 46.6 Å². The molecule has 1 unspecified atom stereocenters. The van der Waals surface area contributed by atoms with Gasteiger partial charge in [0.25, 0.3) is 0 Å². The Labute approximate surface area is 123 Å². The molecule has 21 heavy (non-hydrogen) atoms. The lowest BCUT2D eigenvalue weighted by molar-refractivity contribution is -0.127. The Balaban J connectivity index is 2.12. The molecule has 1 saturated heterocycles. The van der Waals surface area contributed by atoms with E-state index in [9.17, 15) is 14.0 Å². The maximum Gasteiger partial charge on any atom is 0.223 e. The Bertz CT molecular complexity index is 556. The van der Waals surface area contributed by atoms with Crippen LogP contribution in [0.3, 0.4) is 0 Å². The van der Waals surface area contributed by atoms with Gasteiger partial charge in [0.2, 0.25) is 5.91 Å². The van der Waals surface area contributed by atoms with Crippen molar-refractivity contribution in [1.82, 2.24) is 4.90 Å². The molecule has 1 fully saturated rings. The van der Waals surface area contributed by atoms with Gasteiger partial charge in [-0.2, -0.15) is 0 Å². The first-order valence-electron chi connectivity index (χ1n) is 7.07. The van der Waals surface area contributed by atoms with Crippen molar-refractivity contribution in [1.29, 1.82) is 0 Å². The number of hydrogen-bond donors (Lipinski definition) is 0. The number of nitrogens with zero attached hydrogens (tertiary/aromatic N) is 1. The molecule has 1 amide bonds. The summed E-state index contributed by atoms with van der Waals surface area (Å²) in [7, 11) is 1.43. The highest BCUT2D eigenvalue weighted by atomic mass is 19.1. The van der Waals surface area contributed by atoms with E-state index in [1.807, 2.05) is 0 Å². The van der Waals surface area contributed by atoms with Gasteiger partial charge in [-0.05, 0) is 30.0 Å². The minimum Gasteiger partial charge on any atom is -0.496 e. The van der Waals surface area contributed by atoms with E-state index in [2.05, 4.69) is 13.8 Å². The van der Waals surface area contributed by atoms with Gasteiger partial charge in [-0.25, -0.2) is 4.39 Å². The van der Waals surface area contributed by atoms with Crippen LogP contribution < -0.4 is 4.74 Å².